The Balaban J connectivity index is 0.00000480. The number of carbonyl (C=O) groups excluding carboxylic acids is 1. The highest BCUT2D eigenvalue weighted by Crippen LogP contribution is 2.18. The van der Waals surface area contributed by atoms with Crippen molar-refractivity contribution in [2.45, 2.75) is 71.6 Å². The monoisotopic (exact) mass is 545 g/mol. The number of amides is 1. The van der Waals surface area contributed by atoms with Gasteiger partial charge < -0.3 is 20.7 Å². The Morgan fingerprint density at radius 2 is 1.90 bits per heavy atom. The Morgan fingerprint density at radius 1 is 1.19 bits per heavy atom. The maximum absolute atomic E-state index is 11.8. The van der Waals surface area contributed by atoms with Crippen LogP contribution >= 0.6 is 24.0 Å². The third kappa shape index (κ3) is 11.0. The largest absolute Gasteiger partial charge is 0.484 e. The minimum Gasteiger partial charge on any atom is -0.484 e. The lowest BCUT2D eigenvalue weighted by atomic mass is 10.2. The van der Waals surface area contributed by atoms with Gasteiger partial charge in [-0.05, 0) is 64.7 Å². The number of ether oxygens (including phenoxy) is 1. The van der Waals surface area contributed by atoms with Crippen LogP contribution in [0.4, 0.5) is 0 Å². The molecule has 7 nitrogen and oxygen atoms in total. The Labute approximate surface area is 204 Å². The lowest BCUT2D eigenvalue weighted by Crippen LogP contribution is -2.41. The van der Waals surface area contributed by atoms with E-state index in [1.54, 1.807) is 7.05 Å². The summed E-state index contributed by atoms with van der Waals surface area (Å²) < 4.78 is 5.62. The number of nitrogens with one attached hydrogen (secondary N) is 3. The molecule has 0 radical (unpaired) electrons. The first-order chi connectivity index (χ1) is 14.4. The molecule has 2 rings (SSSR count). The molecule has 0 aliphatic heterocycles. The highest BCUT2D eigenvalue weighted by molar-refractivity contribution is 14.0. The van der Waals surface area contributed by atoms with Gasteiger partial charge in [-0.15, -0.1) is 24.0 Å². The van der Waals surface area contributed by atoms with Crippen LogP contribution < -0.4 is 20.7 Å². The molecule has 1 saturated carbocycles. The van der Waals surface area contributed by atoms with Crippen LogP contribution in [0, 0.1) is 0 Å². The van der Waals surface area contributed by atoms with Gasteiger partial charge in [0.2, 0.25) is 0 Å². The lowest BCUT2D eigenvalue weighted by Gasteiger charge is -2.30. The summed E-state index contributed by atoms with van der Waals surface area (Å²) in [5.41, 5.74) is 1.07. The SMILES string of the molecule is CN=C(NCCCN(C(C)C)C(C)C)NCc1cccc(OCC(=O)NC2CC2)c1.I. The first kappa shape index (κ1) is 27.5. The summed E-state index contributed by atoms with van der Waals surface area (Å²) in [5, 5.41) is 9.64. The number of benzene rings is 1. The first-order valence-electron chi connectivity index (χ1n) is 11.1. The van der Waals surface area contributed by atoms with E-state index in [2.05, 4.69) is 53.5 Å². The molecule has 0 saturated heterocycles. The molecule has 0 aromatic heterocycles. The summed E-state index contributed by atoms with van der Waals surface area (Å²) in [6.45, 7) is 11.6. The van der Waals surface area contributed by atoms with Gasteiger partial charge in [0.05, 0.1) is 0 Å². The fourth-order valence-corrected chi connectivity index (χ4v) is 3.38. The average Bonchev–Trinajstić information content (AvgIpc) is 3.52. The van der Waals surface area contributed by atoms with Crippen molar-refractivity contribution >= 4 is 35.8 Å². The molecule has 31 heavy (non-hydrogen) atoms. The maximum Gasteiger partial charge on any atom is 0.258 e. The van der Waals surface area contributed by atoms with Crippen LogP contribution in [-0.4, -0.2) is 61.6 Å². The Kier molecular flexibility index (Phi) is 12.9. The van der Waals surface area contributed by atoms with Crippen molar-refractivity contribution in [1.29, 1.82) is 0 Å². The third-order valence-corrected chi connectivity index (χ3v) is 5.11. The Hall–Kier alpha value is -1.55. The van der Waals surface area contributed by atoms with Gasteiger partial charge in [-0.3, -0.25) is 14.7 Å². The van der Waals surface area contributed by atoms with Crippen LogP contribution in [0.5, 0.6) is 5.75 Å². The number of halogens is 1. The predicted molar refractivity (Wildman–Crippen MR) is 138 cm³/mol. The zero-order chi connectivity index (χ0) is 21.9. The van der Waals surface area contributed by atoms with E-state index in [9.17, 15) is 4.79 Å². The summed E-state index contributed by atoms with van der Waals surface area (Å²) >= 11 is 0. The zero-order valence-electron chi connectivity index (χ0n) is 19.6. The number of carbonyl (C=O) groups is 1. The molecule has 1 amide bonds. The number of hydrogen-bond donors (Lipinski definition) is 3. The van der Waals surface area contributed by atoms with Crippen LogP contribution in [0.15, 0.2) is 29.3 Å². The normalized spacial score (nSPS) is 13.9. The predicted octanol–water partition coefficient (Wildman–Crippen LogP) is 3.14. The second-order valence-electron chi connectivity index (χ2n) is 8.41. The first-order valence-corrected chi connectivity index (χ1v) is 11.1. The molecular weight excluding hydrogens is 505 g/mol. The van der Waals surface area contributed by atoms with Crippen LogP contribution in [0.3, 0.4) is 0 Å². The van der Waals surface area contributed by atoms with Crippen molar-refractivity contribution in [2.75, 3.05) is 26.7 Å². The maximum atomic E-state index is 11.8. The van der Waals surface area contributed by atoms with E-state index >= 15 is 0 Å². The van der Waals surface area contributed by atoms with Crippen molar-refractivity contribution in [3.05, 3.63) is 29.8 Å². The van der Waals surface area contributed by atoms with Gasteiger partial charge in [-0.25, -0.2) is 0 Å². The van der Waals surface area contributed by atoms with Crippen LogP contribution in [-0.2, 0) is 11.3 Å². The molecule has 1 aliphatic carbocycles. The highest BCUT2D eigenvalue weighted by atomic mass is 127. The summed E-state index contributed by atoms with van der Waals surface area (Å²) in [6, 6.07) is 9.25. The van der Waals surface area contributed by atoms with Crippen molar-refractivity contribution in [1.82, 2.24) is 20.9 Å². The standard InChI is InChI=1S/C23H39N5O2.HI/c1-17(2)28(18(3)4)13-7-12-25-23(24-5)26-15-19-8-6-9-21(14-19)30-16-22(29)27-20-10-11-20;/h6,8-9,14,17-18,20H,7,10-13,15-16H2,1-5H3,(H,27,29)(H2,24,25,26);1H. The molecule has 0 atom stereocenters. The number of nitrogens with zero attached hydrogens (tertiary/aromatic N) is 2. The zero-order valence-corrected chi connectivity index (χ0v) is 21.9. The van der Waals surface area contributed by atoms with E-state index in [0.29, 0.717) is 30.4 Å². The molecule has 8 heteroatoms. The van der Waals surface area contributed by atoms with Gasteiger partial charge in [0, 0.05) is 44.8 Å². The smallest absolute Gasteiger partial charge is 0.258 e. The molecule has 1 aromatic rings. The highest BCUT2D eigenvalue weighted by Gasteiger charge is 2.23. The van der Waals surface area contributed by atoms with Crippen LogP contribution in [0.1, 0.15) is 52.5 Å². The third-order valence-electron chi connectivity index (χ3n) is 5.11. The molecule has 176 valence electrons. The molecule has 0 bridgehead atoms. The van der Waals surface area contributed by atoms with Crippen molar-refractivity contribution in [3.8, 4) is 5.75 Å². The average molecular weight is 546 g/mol. The van der Waals surface area contributed by atoms with E-state index in [4.69, 9.17) is 4.74 Å². The lowest BCUT2D eigenvalue weighted by molar-refractivity contribution is -0.123. The summed E-state index contributed by atoms with van der Waals surface area (Å²) in [7, 11) is 1.78. The topological polar surface area (TPSA) is 78.0 Å². The van der Waals surface area contributed by atoms with E-state index in [1.165, 1.54) is 0 Å². The van der Waals surface area contributed by atoms with Crippen molar-refractivity contribution in [3.63, 3.8) is 0 Å². The van der Waals surface area contributed by atoms with Gasteiger partial charge in [0.15, 0.2) is 12.6 Å². The number of guanidine groups is 1. The second kappa shape index (κ2) is 14.5. The quantitative estimate of drug-likeness (QED) is 0.163. The van der Waals surface area contributed by atoms with Gasteiger partial charge in [0.25, 0.3) is 5.91 Å². The molecule has 0 spiro atoms. The Bertz CT molecular complexity index is 684. The van der Waals surface area contributed by atoms with E-state index in [-0.39, 0.29) is 36.5 Å². The van der Waals surface area contributed by atoms with Crippen molar-refractivity contribution in [2.24, 2.45) is 4.99 Å². The molecule has 1 aliphatic rings. The second-order valence-corrected chi connectivity index (χ2v) is 8.41. The van der Waals surface area contributed by atoms with Crippen LogP contribution in [0.2, 0.25) is 0 Å². The summed E-state index contributed by atoms with van der Waals surface area (Å²) in [6.07, 6.45) is 3.22. The van der Waals surface area contributed by atoms with Gasteiger partial charge in [0.1, 0.15) is 5.75 Å². The fourth-order valence-electron chi connectivity index (χ4n) is 3.38. The molecule has 0 unspecified atom stereocenters. The summed E-state index contributed by atoms with van der Waals surface area (Å²) in [4.78, 5) is 18.6. The number of rotatable bonds is 12. The fraction of sp³-hybridized carbons (Fsp3) is 0.652. The molecule has 3 N–H and O–H groups in total. The summed E-state index contributed by atoms with van der Waals surface area (Å²) in [5.74, 6) is 1.43. The van der Waals surface area contributed by atoms with Gasteiger partial charge in [-0.1, -0.05) is 12.1 Å². The van der Waals surface area contributed by atoms with E-state index in [1.807, 2.05) is 24.3 Å². The van der Waals surface area contributed by atoms with Gasteiger partial charge >= 0.3 is 0 Å². The van der Waals surface area contributed by atoms with Gasteiger partial charge in [-0.2, -0.15) is 0 Å². The Morgan fingerprint density at radius 3 is 2.52 bits per heavy atom. The van der Waals surface area contributed by atoms with Crippen LogP contribution in [0.25, 0.3) is 0 Å². The molecule has 0 heterocycles. The minimum absolute atomic E-state index is 0. The van der Waals surface area contributed by atoms with E-state index < -0.39 is 0 Å². The molecule has 1 aromatic carbocycles. The number of hydrogen-bond acceptors (Lipinski definition) is 4. The van der Waals surface area contributed by atoms with Crippen molar-refractivity contribution < 1.29 is 9.53 Å². The minimum atomic E-state index is -0.0564. The van der Waals surface area contributed by atoms with E-state index in [0.717, 1.165) is 43.9 Å². The molecule has 1 fully saturated rings. The number of aliphatic imine (C=N–C) groups is 1. The molecular formula is C23H40IN5O2.